The normalized spacial score (nSPS) is 24.5. The van der Waals surface area contributed by atoms with Gasteiger partial charge in [-0.2, -0.15) is 0 Å². The van der Waals surface area contributed by atoms with E-state index in [-0.39, 0.29) is 18.3 Å². The molecule has 0 aromatic heterocycles. The summed E-state index contributed by atoms with van der Waals surface area (Å²) in [5.41, 5.74) is 0.958. The third-order valence-electron chi connectivity index (χ3n) is 4.44. The molecule has 7 heteroatoms. The van der Waals surface area contributed by atoms with Crippen LogP contribution in [0.5, 0.6) is 0 Å². The lowest BCUT2D eigenvalue weighted by Crippen LogP contribution is -2.34. The Balaban J connectivity index is 0.00000176. The third kappa shape index (κ3) is 3.87. The maximum absolute atomic E-state index is 12.2. The maximum atomic E-state index is 12.2. The number of amides is 1. The van der Waals surface area contributed by atoms with Gasteiger partial charge in [0.15, 0.2) is 0 Å². The van der Waals surface area contributed by atoms with E-state index in [4.69, 9.17) is 23.2 Å². The first-order valence-corrected chi connectivity index (χ1v) is 8.01. The fourth-order valence-electron chi connectivity index (χ4n) is 3.30. The molecule has 1 unspecified atom stereocenters. The van der Waals surface area contributed by atoms with Gasteiger partial charge in [-0.25, -0.2) is 0 Å². The minimum Gasteiger partial charge on any atom is -0.324 e. The van der Waals surface area contributed by atoms with Crippen LogP contribution in [0.15, 0.2) is 18.2 Å². The van der Waals surface area contributed by atoms with Crippen molar-refractivity contribution >= 4 is 47.2 Å². The number of nitrogens with zero attached hydrogens (tertiary/aromatic N) is 1. The van der Waals surface area contributed by atoms with Crippen molar-refractivity contribution in [1.82, 2.24) is 10.2 Å². The summed E-state index contributed by atoms with van der Waals surface area (Å²) in [6, 6.07) is 5.24. The number of hydrogen-bond donors (Lipinski definition) is 2. The number of nitrogens with one attached hydrogen (secondary N) is 2. The first-order chi connectivity index (χ1) is 10.1. The van der Waals surface area contributed by atoms with Crippen LogP contribution >= 0.6 is 35.6 Å². The van der Waals surface area contributed by atoms with Crippen molar-refractivity contribution in [1.29, 1.82) is 0 Å². The van der Waals surface area contributed by atoms with E-state index in [1.807, 2.05) is 0 Å². The summed E-state index contributed by atoms with van der Waals surface area (Å²) in [6.07, 6.45) is 2.39. The lowest BCUT2D eigenvalue weighted by Gasteiger charge is -2.22. The molecule has 0 saturated carbocycles. The fraction of sp³-hybridized carbons (Fsp3) is 0.533. The Kier molecular flexibility index (Phi) is 5.97. The van der Waals surface area contributed by atoms with Crippen LogP contribution in [-0.2, 0) is 4.79 Å². The molecule has 2 N–H and O–H groups in total. The molecule has 2 fully saturated rings. The van der Waals surface area contributed by atoms with Gasteiger partial charge in [0.05, 0.1) is 22.3 Å². The molecule has 4 nitrogen and oxygen atoms in total. The third-order valence-corrected chi connectivity index (χ3v) is 5.26. The number of halogens is 3. The number of likely N-dealkylation sites (tertiary alicyclic amines) is 1. The summed E-state index contributed by atoms with van der Waals surface area (Å²) in [5.74, 6) is -0.0397. The zero-order chi connectivity index (χ0) is 14.9. The Labute approximate surface area is 146 Å². The van der Waals surface area contributed by atoms with Crippen LogP contribution in [0.1, 0.15) is 12.8 Å². The minimum absolute atomic E-state index is 0. The van der Waals surface area contributed by atoms with Crippen LogP contribution in [0.3, 0.4) is 0 Å². The molecule has 1 aromatic carbocycles. The zero-order valence-electron chi connectivity index (χ0n) is 12.2. The van der Waals surface area contributed by atoms with Crippen molar-refractivity contribution < 1.29 is 4.79 Å². The van der Waals surface area contributed by atoms with Gasteiger partial charge in [0.2, 0.25) is 5.91 Å². The fourth-order valence-corrected chi connectivity index (χ4v) is 3.65. The summed E-state index contributed by atoms with van der Waals surface area (Å²) in [7, 11) is 0. The van der Waals surface area contributed by atoms with Crippen molar-refractivity contribution in [3.8, 4) is 0 Å². The molecule has 1 atom stereocenters. The van der Waals surface area contributed by atoms with E-state index >= 15 is 0 Å². The van der Waals surface area contributed by atoms with Gasteiger partial charge >= 0.3 is 0 Å². The number of carbonyl (C=O) groups is 1. The molecular weight excluding hydrogens is 345 g/mol. The highest BCUT2D eigenvalue weighted by Crippen LogP contribution is 2.36. The van der Waals surface area contributed by atoms with E-state index < -0.39 is 0 Å². The molecule has 1 spiro atoms. The highest BCUT2D eigenvalue weighted by molar-refractivity contribution is 6.43. The van der Waals surface area contributed by atoms with Gasteiger partial charge in [-0.15, -0.1) is 12.4 Å². The van der Waals surface area contributed by atoms with E-state index in [2.05, 4.69) is 15.5 Å². The van der Waals surface area contributed by atoms with E-state index in [9.17, 15) is 4.79 Å². The SMILES string of the molecule is Cl.O=C(CN1CCC2(CCNC2)C1)Nc1cccc(Cl)c1Cl. The Morgan fingerprint density at radius 3 is 2.91 bits per heavy atom. The summed E-state index contributed by atoms with van der Waals surface area (Å²) >= 11 is 12.0. The molecule has 2 saturated heterocycles. The van der Waals surface area contributed by atoms with Crippen molar-refractivity contribution in [3.05, 3.63) is 28.2 Å². The molecule has 1 amide bonds. The molecule has 122 valence electrons. The minimum atomic E-state index is -0.0397. The van der Waals surface area contributed by atoms with Crippen molar-refractivity contribution in [2.75, 3.05) is 38.0 Å². The number of hydrogen-bond acceptors (Lipinski definition) is 3. The quantitative estimate of drug-likeness (QED) is 0.866. The second-order valence-corrected chi connectivity index (χ2v) is 6.82. The van der Waals surface area contributed by atoms with Crippen LogP contribution in [0, 0.1) is 5.41 Å². The zero-order valence-corrected chi connectivity index (χ0v) is 14.5. The smallest absolute Gasteiger partial charge is 0.238 e. The van der Waals surface area contributed by atoms with Gasteiger partial charge in [-0.05, 0) is 43.5 Å². The van der Waals surface area contributed by atoms with Gasteiger partial charge in [-0.1, -0.05) is 29.3 Å². The van der Waals surface area contributed by atoms with Gasteiger partial charge in [0.1, 0.15) is 0 Å². The first kappa shape index (κ1) is 17.8. The van der Waals surface area contributed by atoms with Crippen LogP contribution < -0.4 is 10.6 Å². The highest BCUT2D eigenvalue weighted by Gasteiger charge is 2.40. The average Bonchev–Trinajstić information content (AvgIpc) is 3.06. The Morgan fingerprint density at radius 1 is 1.36 bits per heavy atom. The molecule has 22 heavy (non-hydrogen) atoms. The van der Waals surface area contributed by atoms with Gasteiger partial charge in [0.25, 0.3) is 0 Å². The number of carbonyl (C=O) groups excluding carboxylic acids is 1. The van der Waals surface area contributed by atoms with Crippen LogP contribution in [0.2, 0.25) is 10.0 Å². The van der Waals surface area contributed by atoms with Crippen molar-refractivity contribution in [2.24, 2.45) is 5.41 Å². The Morgan fingerprint density at radius 2 is 2.18 bits per heavy atom. The van der Waals surface area contributed by atoms with Crippen molar-refractivity contribution in [3.63, 3.8) is 0 Å². The Bertz CT molecular complexity index is 547. The number of anilines is 1. The summed E-state index contributed by atoms with van der Waals surface area (Å²) < 4.78 is 0. The molecule has 0 aliphatic carbocycles. The topological polar surface area (TPSA) is 44.4 Å². The molecule has 0 radical (unpaired) electrons. The molecule has 3 rings (SSSR count). The van der Waals surface area contributed by atoms with Gasteiger partial charge in [-0.3, -0.25) is 9.69 Å². The molecule has 2 heterocycles. The molecular formula is C15H20Cl3N3O. The molecule has 1 aromatic rings. The lowest BCUT2D eigenvalue weighted by atomic mass is 9.87. The predicted octanol–water partition coefficient (Wildman–Crippen LogP) is 3.04. The monoisotopic (exact) mass is 363 g/mol. The lowest BCUT2D eigenvalue weighted by molar-refractivity contribution is -0.117. The van der Waals surface area contributed by atoms with E-state index in [0.29, 0.717) is 27.7 Å². The summed E-state index contributed by atoms with van der Waals surface area (Å²) in [4.78, 5) is 14.4. The largest absolute Gasteiger partial charge is 0.324 e. The van der Waals surface area contributed by atoms with Gasteiger partial charge in [0, 0.05) is 13.1 Å². The molecule has 2 aliphatic heterocycles. The first-order valence-electron chi connectivity index (χ1n) is 7.25. The van der Waals surface area contributed by atoms with Crippen molar-refractivity contribution in [2.45, 2.75) is 12.8 Å². The highest BCUT2D eigenvalue weighted by atomic mass is 35.5. The Hall–Kier alpha value is -0.520. The van der Waals surface area contributed by atoms with Crippen LogP contribution in [0.4, 0.5) is 5.69 Å². The molecule has 0 bridgehead atoms. The van der Waals surface area contributed by atoms with E-state index in [1.165, 1.54) is 12.8 Å². The van der Waals surface area contributed by atoms with Crippen LogP contribution in [-0.4, -0.2) is 43.5 Å². The van der Waals surface area contributed by atoms with Gasteiger partial charge < -0.3 is 10.6 Å². The summed E-state index contributed by atoms with van der Waals surface area (Å²) in [5, 5.41) is 7.11. The average molecular weight is 365 g/mol. The van der Waals surface area contributed by atoms with E-state index in [1.54, 1.807) is 18.2 Å². The van der Waals surface area contributed by atoms with Crippen LogP contribution in [0.25, 0.3) is 0 Å². The predicted molar refractivity (Wildman–Crippen MR) is 93.3 cm³/mol. The second-order valence-electron chi connectivity index (χ2n) is 6.04. The number of benzene rings is 1. The second kappa shape index (κ2) is 7.37. The number of rotatable bonds is 3. The standard InChI is InChI=1S/C15H19Cl2N3O.ClH/c16-11-2-1-3-12(14(11)17)19-13(21)8-20-7-5-15(10-20)4-6-18-9-15;/h1-3,18H,4-10H2,(H,19,21);1H. The maximum Gasteiger partial charge on any atom is 0.238 e. The summed E-state index contributed by atoms with van der Waals surface area (Å²) in [6.45, 7) is 4.56. The van der Waals surface area contributed by atoms with E-state index in [0.717, 1.165) is 26.2 Å². The molecule has 2 aliphatic rings.